The maximum Gasteiger partial charge on any atom is 0.284 e. The maximum atomic E-state index is 13.3. The molecule has 7 nitrogen and oxygen atoms in total. The number of halogens is 2. The number of sulfonamides is 1. The van der Waals surface area contributed by atoms with Crippen LogP contribution in [-0.2, 0) is 19.6 Å². The van der Waals surface area contributed by atoms with E-state index in [9.17, 15) is 18.0 Å². The van der Waals surface area contributed by atoms with Gasteiger partial charge < -0.3 is 5.32 Å². The van der Waals surface area contributed by atoms with E-state index in [1.165, 1.54) is 17.0 Å². The number of amidine groups is 1. The SMILES string of the molecule is O=C(CC1S/C(=N/S(=O)(=O)c2ccc(Br)cc2)N(C2CCCCC2)C1=O)Nc1ccc(Cl)cc1. The number of hydrogen-bond donors (Lipinski definition) is 1. The van der Waals surface area contributed by atoms with Gasteiger partial charge in [-0.2, -0.15) is 8.42 Å². The van der Waals surface area contributed by atoms with Gasteiger partial charge in [0.25, 0.3) is 10.0 Å². The molecule has 1 aliphatic carbocycles. The minimum atomic E-state index is -4.02. The van der Waals surface area contributed by atoms with Crippen LogP contribution in [0.25, 0.3) is 0 Å². The third kappa shape index (κ3) is 6.02. The predicted octanol–water partition coefficient (Wildman–Crippen LogP) is 5.45. The van der Waals surface area contributed by atoms with Gasteiger partial charge >= 0.3 is 0 Å². The molecule has 2 aliphatic rings. The number of benzene rings is 2. The fourth-order valence-electron chi connectivity index (χ4n) is 4.03. The lowest BCUT2D eigenvalue weighted by Crippen LogP contribution is -2.42. The molecular formula is C23H23BrClN3O4S2. The highest BCUT2D eigenvalue weighted by Gasteiger charge is 2.43. The van der Waals surface area contributed by atoms with Crippen LogP contribution >= 0.6 is 39.3 Å². The number of anilines is 1. The second kappa shape index (κ2) is 10.8. The molecule has 0 aromatic heterocycles. The van der Waals surface area contributed by atoms with E-state index in [4.69, 9.17) is 11.6 Å². The lowest BCUT2D eigenvalue weighted by Gasteiger charge is -2.30. The van der Waals surface area contributed by atoms with Gasteiger partial charge in [0, 0.05) is 27.6 Å². The molecule has 1 heterocycles. The highest BCUT2D eigenvalue weighted by molar-refractivity contribution is 9.10. The van der Waals surface area contributed by atoms with Crippen LogP contribution in [0.1, 0.15) is 38.5 Å². The van der Waals surface area contributed by atoms with E-state index in [-0.39, 0.29) is 34.3 Å². The molecule has 34 heavy (non-hydrogen) atoms. The van der Waals surface area contributed by atoms with Crippen molar-refractivity contribution in [1.82, 2.24) is 4.90 Å². The van der Waals surface area contributed by atoms with Gasteiger partial charge in [0.15, 0.2) is 5.17 Å². The van der Waals surface area contributed by atoms with Crippen LogP contribution in [0, 0.1) is 0 Å². The Morgan fingerprint density at radius 1 is 1.09 bits per heavy atom. The van der Waals surface area contributed by atoms with Crippen LogP contribution in [0.3, 0.4) is 0 Å². The largest absolute Gasteiger partial charge is 0.326 e. The Morgan fingerprint density at radius 3 is 2.38 bits per heavy atom. The summed E-state index contributed by atoms with van der Waals surface area (Å²) in [6.45, 7) is 0. The summed E-state index contributed by atoms with van der Waals surface area (Å²) in [5.74, 6) is -0.610. The van der Waals surface area contributed by atoms with Crippen molar-refractivity contribution in [2.45, 2.75) is 54.7 Å². The summed E-state index contributed by atoms with van der Waals surface area (Å²) in [7, 11) is -4.02. The van der Waals surface area contributed by atoms with Gasteiger partial charge in [-0.15, -0.1) is 4.40 Å². The average Bonchev–Trinajstić information content (AvgIpc) is 3.10. The second-order valence-electron chi connectivity index (χ2n) is 8.17. The Balaban J connectivity index is 1.57. The van der Waals surface area contributed by atoms with Gasteiger partial charge in [-0.1, -0.05) is 58.6 Å². The third-order valence-corrected chi connectivity index (χ3v) is 9.04. The monoisotopic (exact) mass is 583 g/mol. The molecule has 2 fully saturated rings. The van der Waals surface area contributed by atoms with Gasteiger partial charge in [-0.05, 0) is 61.4 Å². The molecule has 2 aromatic carbocycles. The molecule has 1 unspecified atom stereocenters. The quantitative estimate of drug-likeness (QED) is 0.487. The summed E-state index contributed by atoms with van der Waals surface area (Å²) in [4.78, 5) is 27.5. The van der Waals surface area contributed by atoms with Crippen molar-refractivity contribution in [2.24, 2.45) is 4.40 Å². The van der Waals surface area contributed by atoms with Gasteiger partial charge in [0.05, 0.1) is 4.90 Å². The number of hydrogen-bond acceptors (Lipinski definition) is 5. The minimum Gasteiger partial charge on any atom is -0.326 e. The average molecular weight is 585 g/mol. The van der Waals surface area contributed by atoms with Crippen LogP contribution in [0.5, 0.6) is 0 Å². The van der Waals surface area contributed by atoms with Gasteiger partial charge in [-0.25, -0.2) is 0 Å². The van der Waals surface area contributed by atoms with Crippen molar-refractivity contribution >= 4 is 72.0 Å². The summed E-state index contributed by atoms with van der Waals surface area (Å²) >= 11 is 10.2. The summed E-state index contributed by atoms with van der Waals surface area (Å²) < 4.78 is 30.8. The van der Waals surface area contributed by atoms with Crippen LogP contribution in [0.2, 0.25) is 5.02 Å². The number of carbonyl (C=O) groups excluding carboxylic acids is 2. The zero-order valence-electron chi connectivity index (χ0n) is 18.1. The van der Waals surface area contributed by atoms with Crippen LogP contribution in [-0.4, -0.2) is 41.6 Å². The molecule has 1 N–H and O–H groups in total. The number of rotatable bonds is 6. The van der Waals surface area contributed by atoms with E-state index in [0.717, 1.165) is 48.3 Å². The topological polar surface area (TPSA) is 95.9 Å². The Labute approximate surface area is 216 Å². The van der Waals surface area contributed by atoms with Gasteiger partial charge in [0.1, 0.15) is 5.25 Å². The van der Waals surface area contributed by atoms with Crippen molar-refractivity contribution in [3.05, 3.63) is 58.0 Å². The van der Waals surface area contributed by atoms with Crippen molar-refractivity contribution in [1.29, 1.82) is 0 Å². The van der Waals surface area contributed by atoms with Crippen LogP contribution in [0.15, 0.2) is 62.3 Å². The number of carbonyl (C=O) groups is 2. The number of thioether (sulfide) groups is 1. The molecule has 1 atom stereocenters. The van der Waals surface area contributed by atoms with E-state index in [1.54, 1.807) is 36.4 Å². The van der Waals surface area contributed by atoms with Gasteiger partial charge in [-0.3, -0.25) is 14.5 Å². The molecule has 0 radical (unpaired) electrons. The summed E-state index contributed by atoms with van der Waals surface area (Å²) in [6, 6.07) is 12.7. The molecule has 2 amide bonds. The van der Waals surface area contributed by atoms with Crippen molar-refractivity contribution in [2.75, 3.05) is 5.32 Å². The fourth-order valence-corrected chi connectivity index (χ4v) is 6.82. The van der Waals surface area contributed by atoms with E-state index in [1.807, 2.05) is 0 Å². The lowest BCUT2D eigenvalue weighted by molar-refractivity contribution is -0.130. The third-order valence-electron chi connectivity index (χ3n) is 5.72. The summed E-state index contributed by atoms with van der Waals surface area (Å²) in [6.07, 6.45) is 4.50. The molecule has 1 saturated carbocycles. The Morgan fingerprint density at radius 2 is 1.74 bits per heavy atom. The highest BCUT2D eigenvalue weighted by Crippen LogP contribution is 2.36. The zero-order chi connectivity index (χ0) is 24.3. The lowest BCUT2D eigenvalue weighted by atomic mass is 9.94. The molecule has 180 valence electrons. The molecule has 4 rings (SSSR count). The number of nitrogens with zero attached hydrogens (tertiary/aromatic N) is 2. The standard InChI is InChI=1S/C23H23BrClN3O4S2/c24-15-6-12-19(13-7-15)34(31,32)27-23-28(18-4-2-1-3-5-18)22(30)20(33-23)14-21(29)26-17-10-8-16(25)9-11-17/h6-13,18,20H,1-5,14H2,(H,26,29)/b27-23+. The molecule has 1 aliphatic heterocycles. The van der Waals surface area contributed by atoms with Crippen LogP contribution in [0.4, 0.5) is 5.69 Å². The Bertz CT molecular complexity index is 1200. The highest BCUT2D eigenvalue weighted by atomic mass is 79.9. The fraction of sp³-hybridized carbons (Fsp3) is 0.348. The number of amides is 2. The smallest absolute Gasteiger partial charge is 0.284 e. The predicted molar refractivity (Wildman–Crippen MR) is 139 cm³/mol. The summed E-state index contributed by atoms with van der Waals surface area (Å²) in [5, 5.41) is 2.71. The Kier molecular flexibility index (Phi) is 8.01. The molecule has 0 bridgehead atoms. The van der Waals surface area contributed by atoms with E-state index in [0.29, 0.717) is 10.7 Å². The van der Waals surface area contributed by atoms with Crippen LogP contribution < -0.4 is 5.32 Å². The van der Waals surface area contributed by atoms with E-state index < -0.39 is 15.3 Å². The number of nitrogens with one attached hydrogen (secondary N) is 1. The molecular weight excluding hydrogens is 562 g/mol. The molecule has 1 saturated heterocycles. The maximum absolute atomic E-state index is 13.3. The minimum absolute atomic E-state index is 0.0452. The first-order valence-corrected chi connectivity index (χ1v) is 14.4. The van der Waals surface area contributed by atoms with Crippen molar-refractivity contribution in [3.8, 4) is 0 Å². The molecule has 0 spiro atoms. The van der Waals surface area contributed by atoms with E-state index in [2.05, 4.69) is 25.6 Å². The molecule has 2 aromatic rings. The Hall–Kier alpha value is -1.88. The van der Waals surface area contributed by atoms with Gasteiger partial charge in [0.2, 0.25) is 11.8 Å². The van der Waals surface area contributed by atoms with Crippen molar-refractivity contribution in [3.63, 3.8) is 0 Å². The second-order valence-corrected chi connectivity index (χ2v) is 12.3. The van der Waals surface area contributed by atoms with E-state index >= 15 is 0 Å². The zero-order valence-corrected chi connectivity index (χ0v) is 22.1. The first-order chi connectivity index (χ1) is 16.2. The molecule has 11 heteroatoms. The first kappa shape index (κ1) is 25.2. The van der Waals surface area contributed by atoms with Crippen molar-refractivity contribution < 1.29 is 18.0 Å². The normalized spacial score (nSPS) is 20.6. The summed E-state index contributed by atoms with van der Waals surface area (Å²) in [5.41, 5.74) is 0.570. The first-order valence-electron chi connectivity index (χ1n) is 10.9.